The molecule has 0 unspecified atom stereocenters. The summed E-state index contributed by atoms with van der Waals surface area (Å²) in [6, 6.07) is 9.85. The lowest BCUT2D eigenvalue weighted by Crippen LogP contribution is -2.41. The number of amides is 1. The number of carbonyl (C=O) groups is 1. The Morgan fingerprint density at radius 1 is 1.25 bits per heavy atom. The van der Waals surface area contributed by atoms with Crippen LogP contribution in [-0.4, -0.2) is 38.8 Å². The Morgan fingerprint density at radius 3 is 2.46 bits per heavy atom. The van der Waals surface area contributed by atoms with Crippen LogP contribution in [0.3, 0.4) is 0 Å². The van der Waals surface area contributed by atoms with Crippen molar-refractivity contribution in [1.82, 2.24) is 9.62 Å². The number of halogens is 2. The van der Waals surface area contributed by atoms with Crippen molar-refractivity contribution in [2.45, 2.75) is 24.8 Å². The monoisotopic (exact) mass is 428 g/mol. The standard InChI is InChI=1S/C19H22ClFN2O4S/c1-4-23(28(25,26)18-11-16(21)9-10-17(18)27-3)12-19(24)22-13(2)14-5-7-15(20)8-6-14/h5-11,13H,4,12H2,1-3H3,(H,22,24)/t13-/m1/s1. The molecule has 6 nitrogen and oxygen atoms in total. The first-order chi connectivity index (χ1) is 13.2. The molecule has 0 heterocycles. The average molecular weight is 429 g/mol. The van der Waals surface area contributed by atoms with Gasteiger partial charge in [0.25, 0.3) is 0 Å². The Labute approximate surface area is 169 Å². The van der Waals surface area contributed by atoms with Crippen LogP contribution in [0.5, 0.6) is 5.75 Å². The van der Waals surface area contributed by atoms with Crippen molar-refractivity contribution in [3.05, 3.63) is 58.9 Å². The number of methoxy groups -OCH3 is 1. The number of sulfonamides is 1. The van der Waals surface area contributed by atoms with Crippen LogP contribution < -0.4 is 10.1 Å². The Hall–Kier alpha value is -2.16. The van der Waals surface area contributed by atoms with Gasteiger partial charge in [-0.3, -0.25) is 4.79 Å². The number of ether oxygens (including phenoxy) is 1. The van der Waals surface area contributed by atoms with Crippen molar-refractivity contribution < 1.29 is 22.3 Å². The topological polar surface area (TPSA) is 75.7 Å². The van der Waals surface area contributed by atoms with Crippen molar-refractivity contribution in [2.75, 3.05) is 20.2 Å². The van der Waals surface area contributed by atoms with Gasteiger partial charge in [-0.15, -0.1) is 0 Å². The molecule has 0 spiro atoms. The zero-order chi connectivity index (χ0) is 20.9. The molecule has 0 fully saturated rings. The minimum Gasteiger partial charge on any atom is -0.495 e. The molecular formula is C19H22ClFN2O4S. The molecule has 2 aromatic rings. The van der Waals surface area contributed by atoms with E-state index in [0.29, 0.717) is 5.02 Å². The molecule has 0 aliphatic heterocycles. The van der Waals surface area contributed by atoms with E-state index in [4.69, 9.17) is 16.3 Å². The van der Waals surface area contributed by atoms with E-state index in [9.17, 15) is 17.6 Å². The predicted molar refractivity (Wildman–Crippen MR) is 105 cm³/mol. The molecule has 0 aliphatic carbocycles. The van der Waals surface area contributed by atoms with E-state index in [1.165, 1.54) is 13.2 Å². The van der Waals surface area contributed by atoms with Crippen LogP contribution in [0.25, 0.3) is 0 Å². The summed E-state index contributed by atoms with van der Waals surface area (Å²) in [4.78, 5) is 12.1. The summed E-state index contributed by atoms with van der Waals surface area (Å²) in [5.74, 6) is -1.19. The molecule has 1 N–H and O–H groups in total. The fourth-order valence-corrected chi connectivity index (χ4v) is 4.34. The van der Waals surface area contributed by atoms with Crippen molar-refractivity contribution >= 4 is 27.5 Å². The fraction of sp³-hybridized carbons (Fsp3) is 0.316. The van der Waals surface area contributed by atoms with Gasteiger partial charge >= 0.3 is 0 Å². The van der Waals surface area contributed by atoms with Crippen LogP contribution in [-0.2, 0) is 14.8 Å². The smallest absolute Gasteiger partial charge is 0.247 e. The summed E-state index contributed by atoms with van der Waals surface area (Å²) in [6.07, 6.45) is 0. The van der Waals surface area contributed by atoms with Crippen LogP contribution in [0, 0.1) is 5.82 Å². The van der Waals surface area contributed by atoms with Gasteiger partial charge in [-0.25, -0.2) is 12.8 Å². The third kappa shape index (κ3) is 5.21. The van der Waals surface area contributed by atoms with E-state index in [0.717, 1.165) is 22.0 Å². The summed E-state index contributed by atoms with van der Waals surface area (Å²) < 4.78 is 45.4. The van der Waals surface area contributed by atoms with Gasteiger partial charge in [-0.2, -0.15) is 4.31 Å². The van der Waals surface area contributed by atoms with E-state index < -0.39 is 28.3 Å². The van der Waals surface area contributed by atoms with Crippen LogP contribution in [0.4, 0.5) is 4.39 Å². The Balaban J connectivity index is 2.17. The quantitative estimate of drug-likeness (QED) is 0.699. The molecule has 2 rings (SSSR count). The van der Waals surface area contributed by atoms with Crippen molar-refractivity contribution in [3.8, 4) is 5.75 Å². The van der Waals surface area contributed by atoms with Gasteiger partial charge in [-0.05, 0) is 42.8 Å². The second-order valence-corrected chi connectivity index (χ2v) is 8.41. The van der Waals surface area contributed by atoms with E-state index in [-0.39, 0.29) is 23.2 Å². The maximum absolute atomic E-state index is 13.6. The van der Waals surface area contributed by atoms with Crippen LogP contribution in [0.2, 0.25) is 5.02 Å². The van der Waals surface area contributed by atoms with Gasteiger partial charge in [0.2, 0.25) is 15.9 Å². The van der Waals surface area contributed by atoms with Gasteiger partial charge < -0.3 is 10.1 Å². The summed E-state index contributed by atoms with van der Waals surface area (Å²) in [7, 11) is -2.83. The second-order valence-electron chi connectivity index (χ2n) is 6.07. The number of likely N-dealkylation sites (N-methyl/N-ethyl adjacent to an activating group) is 1. The number of benzene rings is 2. The molecule has 0 aromatic heterocycles. The SMILES string of the molecule is CCN(CC(=O)N[C@H](C)c1ccc(Cl)cc1)S(=O)(=O)c1cc(F)ccc1OC. The van der Waals surface area contributed by atoms with Gasteiger partial charge in [0.1, 0.15) is 16.5 Å². The lowest BCUT2D eigenvalue weighted by atomic mass is 10.1. The summed E-state index contributed by atoms with van der Waals surface area (Å²) >= 11 is 5.86. The highest BCUT2D eigenvalue weighted by atomic mass is 35.5. The van der Waals surface area contributed by atoms with E-state index in [2.05, 4.69) is 5.32 Å². The molecule has 0 radical (unpaired) electrons. The number of rotatable bonds is 8. The molecular weight excluding hydrogens is 407 g/mol. The molecule has 28 heavy (non-hydrogen) atoms. The molecule has 1 atom stereocenters. The largest absolute Gasteiger partial charge is 0.495 e. The Kier molecular flexibility index (Phi) is 7.40. The highest BCUT2D eigenvalue weighted by Gasteiger charge is 2.29. The van der Waals surface area contributed by atoms with Gasteiger partial charge in [0.05, 0.1) is 19.7 Å². The van der Waals surface area contributed by atoms with Crippen LogP contribution in [0.1, 0.15) is 25.5 Å². The fourth-order valence-electron chi connectivity index (χ4n) is 2.64. The van der Waals surface area contributed by atoms with Gasteiger partial charge in [0, 0.05) is 11.6 Å². The molecule has 0 saturated carbocycles. The van der Waals surface area contributed by atoms with Crippen LogP contribution >= 0.6 is 11.6 Å². The van der Waals surface area contributed by atoms with E-state index in [1.807, 2.05) is 0 Å². The van der Waals surface area contributed by atoms with E-state index >= 15 is 0 Å². The molecule has 0 bridgehead atoms. The number of nitrogens with one attached hydrogen (secondary N) is 1. The van der Waals surface area contributed by atoms with Crippen LogP contribution in [0.15, 0.2) is 47.4 Å². The number of nitrogens with zero attached hydrogens (tertiary/aromatic N) is 1. The maximum atomic E-state index is 13.6. The van der Waals surface area contributed by atoms with E-state index in [1.54, 1.807) is 38.1 Å². The highest BCUT2D eigenvalue weighted by molar-refractivity contribution is 7.89. The normalized spacial score (nSPS) is 12.6. The zero-order valence-electron chi connectivity index (χ0n) is 15.8. The summed E-state index contributed by atoms with van der Waals surface area (Å²) in [5, 5.41) is 3.33. The molecule has 0 saturated heterocycles. The first-order valence-electron chi connectivity index (χ1n) is 8.57. The Bertz CT molecular complexity index is 935. The number of hydrogen-bond donors (Lipinski definition) is 1. The lowest BCUT2D eigenvalue weighted by molar-refractivity contribution is -0.121. The molecule has 9 heteroatoms. The molecule has 152 valence electrons. The number of carbonyl (C=O) groups excluding carboxylic acids is 1. The third-order valence-electron chi connectivity index (χ3n) is 4.16. The van der Waals surface area contributed by atoms with Gasteiger partial charge in [-0.1, -0.05) is 30.7 Å². The van der Waals surface area contributed by atoms with Crippen molar-refractivity contribution in [1.29, 1.82) is 0 Å². The minimum absolute atomic E-state index is 0.00907. The summed E-state index contributed by atoms with van der Waals surface area (Å²) in [5.41, 5.74) is 0.829. The Morgan fingerprint density at radius 2 is 1.89 bits per heavy atom. The lowest BCUT2D eigenvalue weighted by Gasteiger charge is -2.22. The summed E-state index contributed by atoms with van der Waals surface area (Å²) in [6.45, 7) is 3.00. The molecule has 0 aliphatic rings. The van der Waals surface area contributed by atoms with Gasteiger partial charge in [0.15, 0.2) is 0 Å². The van der Waals surface area contributed by atoms with Crippen molar-refractivity contribution in [3.63, 3.8) is 0 Å². The molecule has 1 amide bonds. The first kappa shape index (κ1) is 22.1. The minimum atomic E-state index is -4.13. The molecule has 2 aromatic carbocycles. The maximum Gasteiger partial charge on any atom is 0.247 e. The number of hydrogen-bond acceptors (Lipinski definition) is 4. The zero-order valence-corrected chi connectivity index (χ0v) is 17.3. The predicted octanol–water partition coefficient (Wildman–Crippen LogP) is 3.38. The average Bonchev–Trinajstić information content (AvgIpc) is 2.66. The highest BCUT2D eigenvalue weighted by Crippen LogP contribution is 2.27. The van der Waals surface area contributed by atoms with Crippen molar-refractivity contribution in [2.24, 2.45) is 0 Å². The second kappa shape index (κ2) is 9.36. The first-order valence-corrected chi connectivity index (χ1v) is 10.4. The third-order valence-corrected chi connectivity index (χ3v) is 6.36.